The average molecular weight is 324 g/mol. The van der Waals surface area contributed by atoms with Gasteiger partial charge in [0, 0.05) is 24.6 Å². The summed E-state index contributed by atoms with van der Waals surface area (Å²) in [5, 5.41) is 0. The molecule has 0 N–H and O–H groups in total. The van der Waals surface area contributed by atoms with Crippen LogP contribution >= 0.6 is 22.9 Å². The van der Waals surface area contributed by atoms with E-state index in [0.717, 1.165) is 16.9 Å². The second-order valence-corrected chi connectivity index (χ2v) is 8.27. The molecule has 1 aliphatic rings. The molecule has 1 unspecified atom stereocenters. The molecule has 0 bridgehead atoms. The largest absolute Gasteiger partial charge is 0.377 e. The lowest BCUT2D eigenvalue weighted by molar-refractivity contribution is 0.0752. The van der Waals surface area contributed by atoms with E-state index in [0.29, 0.717) is 29.8 Å². The van der Waals surface area contributed by atoms with Crippen LogP contribution in [0.4, 0.5) is 0 Å². The van der Waals surface area contributed by atoms with Gasteiger partial charge in [-0.3, -0.25) is 0 Å². The Morgan fingerprint density at radius 1 is 1.58 bits per heavy atom. The number of hydrogen-bond donors (Lipinski definition) is 0. The minimum atomic E-state index is -3.42. The van der Waals surface area contributed by atoms with Crippen LogP contribution in [0.1, 0.15) is 23.8 Å². The van der Waals surface area contributed by atoms with Gasteiger partial charge in [0.1, 0.15) is 4.21 Å². The second kappa shape index (κ2) is 6.10. The number of rotatable bonds is 3. The van der Waals surface area contributed by atoms with Crippen molar-refractivity contribution in [3.63, 3.8) is 0 Å². The van der Waals surface area contributed by atoms with Crippen molar-refractivity contribution in [2.75, 3.05) is 19.7 Å². The van der Waals surface area contributed by atoms with Crippen LogP contribution in [0.5, 0.6) is 0 Å². The monoisotopic (exact) mass is 323 g/mol. The van der Waals surface area contributed by atoms with E-state index in [2.05, 4.69) is 0 Å². The summed E-state index contributed by atoms with van der Waals surface area (Å²) in [5.41, 5.74) is 0.942. The number of alkyl halides is 1. The van der Waals surface area contributed by atoms with Crippen molar-refractivity contribution in [1.82, 2.24) is 4.31 Å². The van der Waals surface area contributed by atoms with Crippen molar-refractivity contribution < 1.29 is 13.2 Å². The van der Waals surface area contributed by atoms with E-state index in [4.69, 9.17) is 16.3 Å². The van der Waals surface area contributed by atoms with Gasteiger partial charge in [-0.15, -0.1) is 22.9 Å². The molecule has 2 heterocycles. The van der Waals surface area contributed by atoms with E-state index < -0.39 is 10.0 Å². The predicted molar refractivity (Wildman–Crippen MR) is 77.4 cm³/mol. The van der Waals surface area contributed by atoms with Gasteiger partial charge in [-0.25, -0.2) is 8.42 Å². The molecule has 1 fully saturated rings. The van der Waals surface area contributed by atoms with Crippen molar-refractivity contribution in [2.24, 2.45) is 0 Å². The Kier molecular flexibility index (Phi) is 4.89. The van der Waals surface area contributed by atoms with E-state index >= 15 is 0 Å². The Balaban J connectivity index is 2.29. The number of ether oxygens (including phenoxy) is 1. The Hall–Kier alpha value is -0.140. The third kappa shape index (κ3) is 3.31. The first-order chi connectivity index (χ1) is 8.95. The first-order valence-corrected chi connectivity index (χ1v) is 9.01. The van der Waals surface area contributed by atoms with Crippen LogP contribution in [0, 0.1) is 6.92 Å². The molecule has 4 nitrogen and oxygen atoms in total. The summed E-state index contributed by atoms with van der Waals surface area (Å²) in [5.74, 6) is 0.353. The van der Waals surface area contributed by atoms with Crippen LogP contribution in [0.2, 0.25) is 0 Å². The zero-order valence-corrected chi connectivity index (χ0v) is 13.4. The van der Waals surface area contributed by atoms with Crippen LogP contribution in [-0.4, -0.2) is 38.5 Å². The van der Waals surface area contributed by atoms with Crippen LogP contribution < -0.4 is 0 Å². The first kappa shape index (κ1) is 15.3. The maximum absolute atomic E-state index is 12.6. The molecule has 0 amide bonds. The molecule has 19 heavy (non-hydrogen) atoms. The van der Waals surface area contributed by atoms with Gasteiger partial charge in [0.15, 0.2) is 0 Å². The molecule has 7 heteroatoms. The van der Waals surface area contributed by atoms with E-state index in [1.165, 1.54) is 15.6 Å². The van der Waals surface area contributed by atoms with Crippen LogP contribution in [0.15, 0.2) is 10.3 Å². The van der Waals surface area contributed by atoms with Crippen LogP contribution in [0.25, 0.3) is 0 Å². The minimum Gasteiger partial charge on any atom is -0.377 e. The lowest BCUT2D eigenvalue weighted by Gasteiger charge is -2.20. The van der Waals surface area contributed by atoms with Gasteiger partial charge in [0.05, 0.1) is 12.0 Å². The average Bonchev–Trinajstić information content (AvgIpc) is 2.60. The molecule has 2 rings (SSSR count). The maximum Gasteiger partial charge on any atom is 0.252 e. The molecule has 0 spiro atoms. The fourth-order valence-electron chi connectivity index (χ4n) is 2.05. The Morgan fingerprint density at radius 3 is 2.95 bits per heavy atom. The van der Waals surface area contributed by atoms with Gasteiger partial charge in [-0.1, -0.05) is 0 Å². The van der Waals surface area contributed by atoms with Gasteiger partial charge in [0.25, 0.3) is 10.0 Å². The SMILES string of the molecule is Cc1cc(S(=O)(=O)N2CCCOC(C)C2)sc1CCl. The van der Waals surface area contributed by atoms with Crippen molar-refractivity contribution in [3.8, 4) is 0 Å². The smallest absolute Gasteiger partial charge is 0.252 e. The molecule has 1 aromatic heterocycles. The van der Waals surface area contributed by atoms with E-state index in [1.54, 1.807) is 6.07 Å². The molecule has 1 atom stereocenters. The predicted octanol–water partition coefficient (Wildman–Crippen LogP) is 2.59. The standard InChI is InChI=1S/C12H18ClNO3S2/c1-9-6-12(18-11(9)7-13)19(15,16)14-4-3-5-17-10(2)8-14/h6,10H,3-5,7-8H2,1-2H3. The van der Waals surface area contributed by atoms with Gasteiger partial charge in [-0.05, 0) is 31.9 Å². The topological polar surface area (TPSA) is 46.6 Å². The van der Waals surface area contributed by atoms with Gasteiger partial charge >= 0.3 is 0 Å². The lowest BCUT2D eigenvalue weighted by atomic mass is 10.3. The highest BCUT2D eigenvalue weighted by Gasteiger charge is 2.29. The summed E-state index contributed by atoms with van der Waals surface area (Å²) < 4.78 is 32.6. The molecule has 0 aromatic carbocycles. The molecule has 1 saturated heterocycles. The van der Waals surface area contributed by atoms with Crippen molar-refractivity contribution in [1.29, 1.82) is 0 Å². The lowest BCUT2D eigenvalue weighted by Crippen LogP contribution is -2.35. The highest BCUT2D eigenvalue weighted by atomic mass is 35.5. The van der Waals surface area contributed by atoms with Crippen LogP contribution in [-0.2, 0) is 20.6 Å². The number of aryl methyl sites for hydroxylation is 1. The van der Waals surface area contributed by atoms with E-state index in [1.807, 2.05) is 13.8 Å². The normalized spacial score (nSPS) is 22.4. The van der Waals surface area contributed by atoms with Crippen molar-refractivity contribution >= 4 is 33.0 Å². The van der Waals surface area contributed by atoms with Crippen molar-refractivity contribution in [3.05, 3.63) is 16.5 Å². The number of halogens is 1. The number of nitrogens with zero attached hydrogens (tertiary/aromatic N) is 1. The Bertz CT molecular complexity index is 541. The molecule has 1 aliphatic heterocycles. The highest BCUT2D eigenvalue weighted by Crippen LogP contribution is 2.30. The highest BCUT2D eigenvalue weighted by molar-refractivity contribution is 7.91. The van der Waals surface area contributed by atoms with E-state index in [9.17, 15) is 8.42 Å². The quantitative estimate of drug-likeness (QED) is 0.803. The summed E-state index contributed by atoms with van der Waals surface area (Å²) in [6.45, 7) is 5.33. The van der Waals surface area contributed by atoms with E-state index in [-0.39, 0.29) is 6.10 Å². The Morgan fingerprint density at radius 2 is 2.32 bits per heavy atom. The number of hydrogen-bond acceptors (Lipinski definition) is 4. The maximum atomic E-state index is 12.6. The first-order valence-electron chi connectivity index (χ1n) is 6.22. The van der Waals surface area contributed by atoms with Gasteiger partial charge in [-0.2, -0.15) is 4.31 Å². The molecule has 0 radical (unpaired) electrons. The van der Waals surface area contributed by atoms with Gasteiger partial charge in [0.2, 0.25) is 0 Å². The fraction of sp³-hybridized carbons (Fsp3) is 0.667. The summed E-state index contributed by atoms with van der Waals surface area (Å²) in [6.07, 6.45) is 0.668. The minimum absolute atomic E-state index is 0.0640. The molecule has 0 saturated carbocycles. The summed E-state index contributed by atoms with van der Waals surface area (Å²) in [4.78, 5) is 0.916. The third-order valence-electron chi connectivity index (χ3n) is 3.13. The summed E-state index contributed by atoms with van der Waals surface area (Å²) >= 11 is 7.08. The second-order valence-electron chi connectivity index (χ2n) is 4.70. The zero-order chi connectivity index (χ0) is 14.0. The molecular weight excluding hydrogens is 306 g/mol. The zero-order valence-electron chi connectivity index (χ0n) is 11.1. The molecule has 0 aliphatic carbocycles. The van der Waals surface area contributed by atoms with Crippen molar-refractivity contribution in [2.45, 2.75) is 36.5 Å². The summed E-state index contributed by atoms with van der Waals surface area (Å²) in [7, 11) is -3.42. The fourth-order valence-corrected chi connectivity index (χ4v) is 5.57. The molecule has 108 valence electrons. The summed E-state index contributed by atoms with van der Waals surface area (Å²) in [6, 6.07) is 1.72. The Labute approximate surface area is 123 Å². The molecule has 1 aromatic rings. The number of thiophene rings is 1. The third-order valence-corrected chi connectivity index (χ3v) is 7.11. The molecular formula is C12H18ClNO3S2. The number of sulfonamides is 1. The van der Waals surface area contributed by atoms with Crippen LogP contribution in [0.3, 0.4) is 0 Å². The van der Waals surface area contributed by atoms with Gasteiger partial charge < -0.3 is 4.74 Å².